The largest absolute Gasteiger partial charge is 0.355 e. The molecule has 4 nitrogen and oxygen atoms in total. The number of nitrogens with zero attached hydrogens (tertiary/aromatic N) is 3. The number of aromatic nitrogens is 2. The van der Waals surface area contributed by atoms with Gasteiger partial charge in [-0.3, -0.25) is 0 Å². The van der Waals surface area contributed by atoms with Crippen molar-refractivity contribution in [1.29, 1.82) is 0 Å². The Morgan fingerprint density at radius 1 is 1.14 bits per heavy atom. The van der Waals surface area contributed by atoms with Gasteiger partial charge < -0.3 is 10.6 Å². The summed E-state index contributed by atoms with van der Waals surface area (Å²) in [5, 5.41) is 1.13. The van der Waals surface area contributed by atoms with E-state index < -0.39 is 0 Å². The summed E-state index contributed by atoms with van der Waals surface area (Å²) >= 11 is 1.70. The van der Waals surface area contributed by atoms with Gasteiger partial charge in [0.2, 0.25) is 0 Å². The van der Waals surface area contributed by atoms with Gasteiger partial charge in [-0.2, -0.15) is 0 Å². The molecular formula is C16H18N4S. The third kappa shape index (κ3) is 2.89. The Hall–Kier alpha value is -1.98. The number of nitrogens with two attached hydrogens (primary N) is 1. The minimum atomic E-state index is 0.580. The Bertz CT molecular complexity index is 749. The summed E-state index contributed by atoms with van der Waals surface area (Å²) in [6.07, 6.45) is 1.64. The average molecular weight is 298 g/mol. The average Bonchev–Trinajstić information content (AvgIpc) is 2.87. The van der Waals surface area contributed by atoms with Crippen molar-refractivity contribution in [3.05, 3.63) is 52.7 Å². The minimum absolute atomic E-state index is 0.580. The molecule has 0 radical (unpaired) electrons. The summed E-state index contributed by atoms with van der Waals surface area (Å²) in [7, 11) is 2.06. The zero-order valence-corrected chi connectivity index (χ0v) is 13.0. The van der Waals surface area contributed by atoms with Crippen molar-refractivity contribution in [2.24, 2.45) is 5.73 Å². The number of benzene rings is 1. The molecule has 0 aliphatic rings. The van der Waals surface area contributed by atoms with Crippen LogP contribution in [0.4, 0.5) is 5.82 Å². The fourth-order valence-electron chi connectivity index (χ4n) is 2.40. The maximum atomic E-state index is 5.63. The monoisotopic (exact) mass is 298 g/mol. The van der Waals surface area contributed by atoms with Crippen molar-refractivity contribution in [1.82, 2.24) is 9.97 Å². The number of fused-ring (bicyclic) bond motifs is 1. The Morgan fingerprint density at radius 2 is 1.86 bits per heavy atom. The predicted molar refractivity (Wildman–Crippen MR) is 88.6 cm³/mol. The van der Waals surface area contributed by atoms with Crippen LogP contribution < -0.4 is 10.6 Å². The maximum absolute atomic E-state index is 5.63. The third-order valence-corrected chi connectivity index (χ3v) is 4.43. The Balaban J connectivity index is 1.87. The zero-order chi connectivity index (χ0) is 14.8. The van der Waals surface area contributed by atoms with Gasteiger partial charge >= 0.3 is 0 Å². The molecule has 0 bridgehead atoms. The molecule has 0 unspecified atom stereocenters. The van der Waals surface area contributed by atoms with E-state index in [1.54, 1.807) is 17.7 Å². The first-order valence-corrected chi connectivity index (χ1v) is 7.69. The van der Waals surface area contributed by atoms with Gasteiger partial charge in [0.25, 0.3) is 0 Å². The van der Waals surface area contributed by atoms with E-state index in [-0.39, 0.29) is 0 Å². The van der Waals surface area contributed by atoms with Crippen LogP contribution in [0.3, 0.4) is 0 Å². The first-order valence-electron chi connectivity index (χ1n) is 6.87. The van der Waals surface area contributed by atoms with Gasteiger partial charge in [0, 0.05) is 25.0 Å². The number of hydrogen-bond donors (Lipinski definition) is 1. The molecule has 0 fully saturated rings. The lowest BCUT2D eigenvalue weighted by Gasteiger charge is -2.19. The van der Waals surface area contributed by atoms with Crippen LogP contribution >= 0.6 is 11.3 Å². The van der Waals surface area contributed by atoms with Crippen LogP contribution in [0.15, 0.2) is 36.7 Å². The Labute approximate surface area is 128 Å². The summed E-state index contributed by atoms with van der Waals surface area (Å²) < 4.78 is 0. The number of rotatable bonds is 4. The Morgan fingerprint density at radius 3 is 2.57 bits per heavy atom. The van der Waals surface area contributed by atoms with Crippen LogP contribution in [-0.4, -0.2) is 17.0 Å². The lowest BCUT2D eigenvalue weighted by atomic mass is 10.1. The molecule has 3 rings (SSSR count). The highest BCUT2D eigenvalue weighted by Crippen LogP contribution is 2.29. The zero-order valence-electron chi connectivity index (χ0n) is 12.2. The van der Waals surface area contributed by atoms with Crippen molar-refractivity contribution < 1.29 is 0 Å². The topological polar surface area (TPSA) is 55.0 Å². The van der Waals surface area contributed by atoms with Gasteiger partial charge in [0.1, 0.15) is 17.0 Å². The van der Waals surface area contributed by atoms with Crippen molar-refractivity contribution >= 4 is 27.4 Å². The van der Waals surface area contributed by atoms with E-state index in [0.717, 1.165) is 28.1 Å². The molecule has 2 N–H and O–H groups in total. The van der Waals surface area contributed by atoms with Crippen LogP contribution in [0, 0.1) is 6.92 Å². The number of aryl methyl sites for hydroxylation is 1. The van der Waals surface area contributed by atoms with Crippen LogP contribution in [0.5, 0.6) is 0 Å². The van der Waals surface area contributed by atoms with Crippen LogP contribution in [-0.2, 0) is 13.1 Å². The predicted octanol–water partition coefficient (Wildman–Crippen LogP) is 3.09. The van der Waals surface area contributed by atoms with E-state index in [1.807, 2.05) is 0 Å². The second kappa shape index (κ2) is 5.79. The van der Waals surface area contributed by atoms with E-state index in [2.05, 4.69) is 59.2 Å². The molecule has 108 valence electrons. The normalized spacial score (nSPS) is 11.0. The van der Waals surface area contributed by atoms with Gasteiger partial charge in [-0.15, -0.1) is 11.3 Å². The van der Waals surface area contributed by atoms with Crippen LogP contribution in [0.2, 0.25) is 0 Å². The first kappa shape index (κ1) is 14.0. The number of thiophene rings is 1. The molecule has 2 heterocycles. The molecule has 0 saturated heterocycles. The summed E-state index contributed by atoms with van der Waals surface area (Å²) in [5.41, 5.74) is 8.03. The Kier molecular flexibility index (Phi) is 3.86. The van der Waals surface area contributed by atoms with Gasteiger partial charge in [-0.05, 0) is 24.1 Å². The number of hydrogen-bond acceptors (Lipinski definition) is 5. The number of anilines is 1. The van der Waals surface area contributed by atoms with E-state index in [1.165, 1.54) is 10.4 Å². The molecule has 0 aliphatic carbocycles. The van der Waals surface area contributed by atoms with Gasteiger partial charge in [-0.1, -0.05) is 24.3 Å². The van der Waals surface area contributed by atoms with Crippen molar-refractivity contribution in [3.8, 4) is 0 Å². The molecular weight excluding hydrogens is 280 g/mol. The highest BCUT2D eigenvalue weighted by atomic mass is 32.1. The molecule has 0 saturated carbocycles. The van der Waals surface area contributed by atoms with Crippen molar-refractivity contribution in [2.45, 2.75) is 20.0 Å². The molecule has 3 aromatic rings. The lowest BCUT2D eigenvalue weighted by Crippen LogP contribution is -2.18. The van der Waals surface area contributed by atoms with Crippen molar-refractivity contribution in [2.75, 3.05) is 11.9 Å². The molecule has 0 amide bonds. The molecule has 2 aromatic heterocycles. The minimum Gasteiger partial charge on any atom is -0.355 e. The van der Waals surface area contributed by atoms with Gasteiger partial charge in [-0.25, -0.2) is 9.97 Å². The highest BCUT2D eigenvalue weighted by Gasteiger charge is 2.11. The fourth-order valence-corrected chi connectivity index (χ4v) is 3.24. The highest BCUT2D eigenvalue weighted by molar-refractivity contribution is 7.18. The van der Waals surface area contributed by atoms with E-state index in [9.17, 15) is 0 Å². The van der Waals surface area contributed by atoms with Crippen LogP contribution in [0.1, 0.15) is 16.0 Å². The maximum Gasteiger partial charge on any atom is 0.140 e. The molecule has 1 aromatic carbocycles. The smallest absolute Gasteiger partial charge is 0.140 e. The molecule has 21 heavy (non-hydrogen) atoms. The summed E-state index contributed by atoms with van der Waals surface area (Å²) in [5.74, 6) is 0.979. The molecule has 0 spiro atoms. The van der Waals surface area contributed by atoms with Gasteiger partial charge in [0.15, 0.2) is 0 Å². The summed E-state index contributed by atoms with van der Waals surface area (Å²) in [4.78, 5) is 13.3. The SMILES string of the molecule is Cc1cc2c(N(C)Cc3ccc(CN)cc3)ncnc2s1. The summed E-state index contributed by atoms with van der Waals surface area (Å²) in [6.45, 7) is 3.49. The fraction of sp³-hybridized carbons (Fsp3) is 0.250. The molecule has 5 heteroatoms. The van der Waals surface area contributed by atoms with Crippen LogP contribution in [0.25, 0.3) is 10.2 Å². The standard InChI is InChI=1S/C16H18N4S/c1-11-7-14-15(18-10-19-16(14)21-11)20(2)9-13-5-3-12(8-17)4-6-13/h3-7,10H,8-9,17H2,1-2H3. The van der Waals surface area contributed by atoms with Gasteiger partial charge in [0.05, 0.1) is 5.39 Å². The van der Waals surface area contributed by atoms with E-state index in [0.29, 0.717) is 6.54 Å². The summed E-state index contributed by atoms with van der Waals surface area (Å²) in [6, 6.07) is 10.6. The van der Waals surface area contributed by atoms with Crippen molar-refractivity contribution in [3.63, 3.8) is 0 Å². The molecule has 0 aliphatic heterocycles. The third-order valence-electron chi connectivity index (χ3n) is 3.47. The molecule has 0 atom stereocenters. The van der Waals surface area contributed by atoms with E-state index >= 15 is 0 Å². The van der Waals surface area contributed by atoms with E-state index in [4.69, 9.17) is 5.73 Å². The second-order valence-corrected chi connectivity index (χ2v) is 6.38. The second-order valence-electron chi connectivity index (χ2n) is 5.15. The quantitative estimate of drug-likeness (QED) is 0.804. The lowest BCUT2D eigenvalue weighted by molar-refractivity contribution is 0.899. The first-order chi connectivity index (χ1) is 10.2.